The van der Waals surface area contributed by atoms with E-state index in [1.165, 1.54) is 30.3 Å². The van der Waals surface area contributed by atoms with Crippen LogP contribution in [0.1, 0.15) is 26.3 Å². The summed E-state index contributed by atoms with van der Waals surface area (Å²) in [7, 11) is 1.16. The molecule has 1 aliphatic rings. The molecule has 0 aromatic heterocycles. The zero-order chi connectivity index (χ0) is 32.4. The molecule has 0 bridgehead atoms. The number of terminal acetylenes is 1. The van der Waals surface area contributed by atoms with E-state index in [0.29, 0.717) is 5.56 Å². The third kappa shape index (κ3) is 8.82. The second-order valence-electron chi connectivity index (χ2n) is 9.23. The second kappa shape index (κ2) is 15.2. The number of carbonyl (C=O) groups is 4. The number of esters is 3. The van der Waals surface area contributed by atoms with Crippen molar-refractivity contribution in [1.29, 1.82) is 0 Å². The quantitative estimate of drug-likeness (QED) is 0.0896. The molecule has 15 heteroatoms. The van der Waals surface area contributed by atoms with Crippen LogP contribution in [0.4, 0.5) is 10.5 Å². The number of rotatable bonds is 11. The summed E-state index contributed by atoms with van der Waals surface area (Å²) in [6.07, 6.45) is -0.859. The lowest BCUT2D eigenvalue weighted by molar-refractivity contribution is -0.384. The Kier molecular flexibility index (Phi) is 11.5. The first-order chi connectivity index (χ1) is 20.9. The predicted molar refractivity (Wildman–Crippen MR) is 146 cm³/mol. The molecule has 0 amide bonds. The first-order valence-corrected chi connectivity index (χ1v) is 13.0. The minimum atomic E-state index is -1.44. The van der Waals surface area contributed by atoms with Crippen LogP contribution in [0.5, 0.6) is 17.2 Å². The third-order valence-electron chi connectivity index (χ3n) is 6.10. The van der Waals surface area contributed by atoms with E-state index in [1.54, 1.807) is 6.92 Å². The van der Waals surface area contributed by atoms with Crippen molar-refractivity contribution in [2.24, 2.45) is 5.92 Å². The SMILES string of the molecule is C#CCOc1cc(O[C@@H]2O[C@H](C(=O)OC)[C@@H](C)[C@H](OC(C)=O)[C@H]2OC(C)=O)ccc1COC(=O)Oc1ccc([N+](=O)[O-])cc1. The van der Waals surface area contributed by atoms with Gasteiger partial charge >= 0.3 is 24.1 Å². The molecule has 44 heavy (non-hydrogen) atoms. The summed E-state index contributed by atoms with van der Waals surface area (Å²) in [4.78, 5) is 58.7. The van der Waals surface area contributed by atoms with E-state index < -0.39 is 59.5 Å². The van der Waals surface area contributed by atoms with E-state index in [2.05, 4.69) is 5.92 Å². The predicted octanol–water partition coefficient (Wildman–Crippen LogP) is 3.10. The second-order valence-corrected chi connectivity index (χ2v) is 9.23. The van der Waals surface area contributed by atoms with E-state index in [-0.39, 0.29) is 36.1 Å². The molecule has 1 aliphatic heterocycles. The average Bonchev–Trinajstić information content (AvgIpc) is 2.98. The molecule has 1 heterocycles. The van der Waals surface area contributed by atoms with E-state index in [0.717, 1.165) is 33.1 Å². The van der Waals surface area contributed by atoms with Gasteiger partial charge < -0.3 is 37.9 Å². The van der Waals surface area contributed by atoms with Gasteiger partial charge in [0.1, 0.15) is 30.5 Å². The molecule has 0 N–H and O–H groups in total. The number of nitro groups is 1. The Morgan fingerprint density at radius 2 is 1.64 bits per heavy atom. The number of nitrogens with zero attached hydrogens (tertiary/aromatic N) is 1. The smallest absolute Gasteiger partial charge is 0.480 e. The van der Waals surface area contributed by atoms with Crippen LogP contribution in [0.3, 0.4) is 0 Å². The summed E-state index contributed by atoms with van der Waals surface area (Å²) in [5, 5.41) is 10.8. The monoisotopic (exact) mass is 615 g/mol. The van der Waals surface area contributed by atoms with Gasteiger partial charge in [-0.3, -0.25) is 19.7 Å². The fraction of sp³-hybridized carbons (Fsp3) is 0.379. The number of carbonyl (C=O) groups excluding carboxylic acids is 4. The van der Waals surface area contributed by atoms with Crippen LogP contribution in [0.2, 0.25) is 0 Å². The minimum absolute atomic E-state index is 0.0228. The van der Waals surface area contributed by atoms with Crippen LogP contribution in [0.25, 0.3) is 0 Å². The summed E-state index contributed by atoms with van der Waals surface area (Å²) in [5.41, 5.74) is 0.159. The minimum Gasteiger partial charge on any atom is -0.480 e. The van der Waals surface area contributed by atoms with Gasteiger partial charge in [-0.1, -0.05) is 12.8 Å². The summed E-state index contributed by atoms with van der Waals surface area (Å²) < 4.78 is 43.1. The van der Waals surface area contributed by atoms with Crippen molar-refractivity contribution in [3.05, 3.63) is 58.1 Å². The Morgan fingerprint density at radius 3 is 2.23 bits per heavy atom. The third-order valence-corrected chi connectivity index (χ3v) is 6.10. The highest BCUT2D eigenvalue weighted by atomic mass is 16.7. The normalized spacial score (nSPS) is 20.7. The van der Waals surface area contributed by atoms with E-state index in [4.69, 9.17) is 44.3 Å². The largest absolute Gasteiger partial charge is 0.514 e. The van der Waals surface area contributed by atoms with Crippen LogP contribution in [-0.2, 0) is 44.7 Å². The Morgan fingerprint density at radius 1 is 1.00 bits per heavy atom. The molecule has 0 radical (unpaired) electrons. The van der Waals surface area contributed by atoms with Gasteiger partial charge in [0.15, 0.2) is 12.2 Å². The van der Waals surface area contributed by atoms with Crippen molar-refractivity contribution in [1.82, 2.24) is 0 Å². The zero-order valence-corrected chi connectivity index (χ0v) is 24.1. The Balaban J connectivity index is 1.81. The highest BCUT2D eigenvalue weighted by Crippen LogP contribution is 2.34. The highest BCUT2D eigenvalue weighted by molar-refractivity contribution is 5.75. The van der Waals surface area contributed by atoms with Crippen molar-refractivity contribution in [3.63, 3.8) is 0 Å². The molecular formula is C29H29NO14. The van der Waals surface area contributed by atoms with Gasteiger partial charge in [0, 0.05) is 43.5 Å². The number of hydrogen-bond donors (Lipinski definition) is 0. The number of methoxy groups -OCH3 is 1. The molecule has 2 aromatic rings. The number of benzene rings is 2. The molecule has 2 aromatic carbocycles. The molecule has 234 valence electrons. The number of nitro benzene ring substituents is 1. The van der Waals surface area contributed by atoms with Crippen molar-refractivity contribution < 1.29 is 62.0 Å². The summed E-state index contributed by atoms with van der Waals surface area (Å²) >= 11 is 0. The van der Waals surface area contributed by atoms with Crippen LogP contribution in [0, 0.1) is 28.4 Å². The van der Waals surface area contributed by atoms with Crippen molar-refractivity contribution >= 4 is 29.8 Å². The summed E-state index contributed by atoms with van der Waals surface area (Å²) in [6, 6.07) is 9.12. The molecule has 1 saturated heterocycles. The molecular weight excluding hydrogens is 586 g/mol. The lowest BCUT2D eigenvalue weighted by atomic mass is 9.90. The van der Waals surface area contributed by atoms with Gasteiger partial charge in [0.05, 0.1) is 12.0 Å². The number of hydrogen-bond acceptors (Lipinski definition) is 14. The Hall–Kier alpha value is -5.36. The standard InChI is InChI=1S/C29H29NO14/c1-6-13-38-23-14-22(10-7-19(23)15-39-29(34)43-21-11-8-20(9-12-21)30(35)36)42-28-26(41-18(4)32)24(40-17(3)31)16(2)25(44-28)27(33)37-5/h1,7-12,14,16,24-26,28H,13,15H2,2-5H3/t16-,24-,25-,26+,28+/m0/s1. The molecule has 3 rings (SSSR count). The van der Waals surface area contributed by atoms with Crippen molar-refractivity contribution in [3.8, 4) is 29.6 Å². The van der Waals surface area contributed by atoms with Gasteiger partial charge in [0.25, 0.3) is 5.69 Å². The average molecular weight is 616 g/mol. The maximum absolute atomic E-state index is 12.5. The zero-order valence-electron chi connectivity index (χ0n) is 24.1. The van der Waals surface area contributed by atoms with Crippen LogP contribution in [0.15, 0.2) is 42.5 Å². The van der Waals surface area contributed by atoms with Gasteiger partial charge in [-0.15, -0.1) is 6.42 Å². The number of ether oxygens (including phenoxy) is 8. The molecule has 5 atom stereocenters. The summed E-state index contributed by atoms with van der Waals surface area (Å²) in [5.74, 6) is -0.399. The molecule has 0 aliphatic carbocycles. The Labute approximate surface area is 251 Å². The number of non-ortho nitro benzene ring substituents is 1. The van der Waals surface area contributed by atoms with Gasteiger partial charge in [0.2, 0.25) is 12.4 Å². The fourth-order valence-electron chi connectivity index (χ4n) is 4.15. The van der Waals surface area contributed by atoms with Crippen molar-refractivity contribution in [2.75, 3.05) is 13.7 Å². The van der Waals surface area contributed by atoms with Gasteiger partial charge in [-0.25, -0.2) is 9.59 Å². The van der Waals surface area contributed by atoms with E-state index >= 15 is 0 Å². The molecule has 0 spiro atoms. The topological polar surface area (TPSA) is 185 Å². The Bertz CT molecular complexity index is 1420. The molecule has 15 nitrogen and oxygen atoms in total. The lowest BCUT2D eigenvalue weighted by Gasteiger charge is -2.42. The van der Waals surface area contributed by atoms with E-state index in [1.807, 2.05) is 0 Å². The maximum atomic E-state index is 12.5. The summed E-state index contributed by atoms with van der Waals surface area (Å²) in [6.45, 7) is 3.36. The van der Waals surface area contributed by atoms with Crippen LogP contribution in [-0.4, -0.2) is 67.3 Å². The molecule has 1 fully saturated rings. The van der Waals surface area contributed by atoms with Crippen molar-refractivity contribution in [2.45, 2.75) is 52.0 Å². The van der Waals surface area contributed by atoms with Gasteiger partial charge in [-0.05, 0) is 24.3 Å². The first kappa shape index (κ1) is 33.1. The van der Waals surface area contributed by atoms with Crippen LogP contribution < -0.4 is 14.2 Å². The van der Waals surface area contributed by atoms with Crippen LogP contribution >= 0.6 is 0 Å². The van der Waals surface area contributed by atoms with Gasteiger partial charge in [-0.2, -0.15) is 0 Å². The highest BCUT2D eigenvalue weighted by Gasteiger charge is 2.52. The van der Waals surface area contributed by atoms with E-state index in [9.17, 15) is 29.3 Å². The molecule has 0 unspecified atom stereocenters. The first-order valence-electron chi connectivity index (χ1n) is 13.0. The lowest BCUT2D eigenvalue weighted by Crippen LogP contribution is -2.60. The molecule has 0 saturated carbocycles. The maximum Gasteiger partial charge on any atom is 0.514 e. The fourth-order valence-corrected chi connectivity index (χ4v) is 4.15.